The number of allylic oxidation sites excluding steroid dienone is 2. The summed E-state index contributed by atoms with van der Waals surface area (Å²) in [5.74, 6) is -0.479. The quantitative estimate of drug-likeness (QED) is 0.0325. The highest BCUT2D eigenvalue weighted by molar-refractivity contribution is 5.77. The van der Waals surface area contributed by atoms with Crippen molar-refractivity contribution in [2.45, 2.75) is 283 Å². The first kappa shape index (κ1) is 53.6. The molecule has 3 unspecified atom stereocenters. The summed E-state index contributed by atoms with van der Waals surface area (Å²) in [4.78, 5) is 26.0. The Kier molecular flexibility index (Phi) is 42.6. The molecule has 0 rings (SSSR count). The highest BCUT2D eigenvalue weighted by atomic mass is 16.5. The minimum Gasteiger partial charge on any atom is -0.462 e. The third kappa shape index (κ3) is 39.2. The maximum atomic E-state index is 13.1. The second kappa shape index (κ2) is 43.7. The van der Waals surface area contributed by atoms with Gasteiger partial charge in [-0.25, -0.2) is 0 Å². The molecule has 0 saturated carbocycles. The number of aliphatic hydroxyl groups excluding tert-OH is 2. The van der Waals surface area contributed by atoms with Crippen molar-refractivity contribution in [2.24, 2.45) is 0 Å². The number of rotatable bonds is 44. The molecular formula is C49H95NO5. The van der Waals surface area contributed by atoms with Crippen LogP contribution in [-0.4, -0.2) is 46.9 Å². The van der Waals surface area contributed by atoms with Crippen molar-refractivity contribution in [3.63, 3.8) is 0 Å². The Labute approximate surface area is 342 Å². The topological polar surface area (TPSA) is 95.9 Å². The van der Waals surface area contributed by atoms with Crippen molar-refractivity contribution in [3.05, 3.63) is 12.2 Å². The monoisotopic (exact) mass is 778 g/mol. The summed E-state index contributed by atoms with van der Waals surface area (Å²) < 4.78 is 5.90. The summed E-state index contributed by atoms with van der Waals surface area (Å²) in [6.07, 6.45) is 47.2. The van der Waals surface area contributed by atoms with Gasteiger partial charge >= 0.3 is 5.97 Å². The maximum absolute atomic E-state index is 13.1. The predicted molar refractivity (Wildman–Crippen MR) is 237 cm³/mol. The van der Waals surface area contributed by atoms with Crippen molar-refractivity contribution in [2.75, 3.05) is 6.61 Å². The number of nitrogens with one attached hydrogen (secondary N) is 1. The van der Waals surface area contributed by atoms with E-state index in [2.05, 4.69) is 38.2 Å². The van der Waals surface area contributed by atoms with Crippen LogP contribution in [0.5, 0.6) is 0 Å². The number of hydrogen-bond acceptors (Lipinski definition) is 5. The summed E-state index contributed by atoms with van der Waals surface area (Å²) in [6, 6.07) is -0.697. The summed E-state index contributed by atoms with van der Waals surface area (Å²) >= 11 is 0. The molecule has 0 aromatic heterocycles. The molecule has 0 bridgehead atoms. The first-order chi connectivity index (χ1) is 27.0. The van der Waals surface area contributed by atoms with Gasteiger partial charge in [-0.1, -0.05) is 219 Å². The van der Waals surface area contributed by atoms with Gasteiger partial charge in [-0.05, 0) is 44.9 Å². The van der Waals surface area contributed by atoms with Crippen LogP contribution in [0.1, 0.15) is 265 Å². The summed E-state index contributed by atoms with van der Waals surface area (Å²) in [5.41, 5.74) is 0. The average molecular weight is 778 g/mol. The molecule has 0 aliphatic rings. The maximum Gasteiger partial charge on any atom is 0.306 e. The molecule has 0 aliphatic carbocycles. The van der Waals surface area contributed by atoms with E-state index in [0.29, 0.717) is 19.3 Å². The van der Waals surface area contributed by atoms with Crippen LogP contribution in [0.4, 0.5) is 0 Å². The fourth-order valence-electron chi connectivity index (χ4n) is 7.59. The normalized spacial score (nSPS) is 13.3. The molecule has 0 heterocycles. The number of hydrogen-bond donors (Lipinski definition) is 3. The minimum atomic E-state index is -0.783. The van der Waals surface area contributed by atoms with Gasteiger partial charge in [0.1, 0.15) is 6.10 Å². The molecule has 326 valence electrons. The molecule has 6 nitrogen and oxygen atoms in total. The second-order valence-corrected chi connectivity index (χ2v) is 16.9. The molecule has 55 heavy (non-hydrogen) atoms. The lowest BCUT2D eigenvalue weighted by Gasteiger charge is -2.24. The van der Waals surface area contributed by atoms with Crippen molar-refractivity contribution in [1.29, 1.82) is 0 Å². The number of carbonyl (C=O) groups excluding carboxylic acids is 2. The van der Waals surface area contributed by atoms with Gasteiger partial charge in [0, 0.05) is 6.42 Å². The van der Waals surface area contributed by atoms with Crippen LogP contribution in [0.25, 0.3) is 0 Å². The highest BCUT2D eigenvalue weighted by Crippen LogP contribution is 2.18. The number of aliphatic hydroxyl groups is 2. The van der Waals surface area contributed by atoms with Gasteiger partial charge in [-0.15, -0.1) is 0 Å². The van der Waals surface area contributed by atoms with Gasteiger partial charge in [0.2, 0.25) is 5.91 Å². The van der Waals surface area contributed by atoms with E-state index >= 15 is 0 Å². The summed E-state index contributed by atoms with van der Waals surface area (Å²) in [6.45, 7) is 6.43. The fourth-order valence-corrected chi connectivity index (χ4v) is 7.59. The van der Waals surface area contributed by atoms with Crippen LogP contribution >= 0.6 is 0 Å². The van der Waals surface area contributed by atoms with Gasteiger partial charge < -0.3 is 20.3 Å². The van der Waals surface area contributed by atoms with E-state index in [-0.39, 0.29) is 24.9 Å². The fraction of sp³-hybridized carbons (Fsp3) is 0.918. The largest absolute Gasteiger partial charge is 0.462 e. The lowest BCUT2D eigenvalue weighted by atomic mass is 10.0. The van der Waals surface area contributed by atoms with Crippen LogP contribution in [0.3, 0.4) is 0 Å². The SMILES string of the molecule is CCCC/C=C\CCCCCC(CC(=O)NC(CO)C(O)CCCCCCCCCCC)OC(=O)CCCCCCCCCCCCCCCCCCCC. The van der Waals surface area contributed by atoms with Gasteiger partial charge in [-0.2, -0.15) is 0 Å². The highest BCUT2D eigenvalue weighted by Gasteiger charge is 2.24. The van der Waals surface area contributed by atoms with Crippen LogP contribution in [0.2, 0.25) is 0 Å². The third-order valence-corrected chi connectivity index (χ3v) is 11.3. The second-order valence-electron chi connectivity index (χ2n) is 16.9. The Morgan fingerprint density at radius 3 is 1.35 bits per heavy atom. The van der Waals surface area contributed by atoms with E-state index in [9.17, 15) is 19.8 Å². The Balaban J connectivity index is 4.40. The van der Waals surface area contributed by atoms with Gasteiger partial charge in [0.15, 0.2) is 0 Å². The number of ether oxygens (including phenoxy) is 1. The van der Waals surface area contributed by atoms with Crippen LogP contribution < -0.4 is 5.32 Å². The Morgan fingerprint density at radius 2 is 0.891 bits per heavy atom. The van der Waals surface area contributed by atoms with Crippen LogP contribution in [-0.2, 0) is 14.3 Å². The van der Waals surface area contributed by atoms with Gasteiger partial charge in [0.25, 0.3) is 0 Å². The van der Waals surface area contributed by atoms with Crippen LogP contribution in [0.15, 0.2) is 12.2 Å². The molecule has 0 radical (unpaired) electrons. The molecule has 0 spiro atoms. The van der Waals surface area contributed by atoms with E-state index in [1.54, 1.807) is 0 Å². The summed E-state index contributed by atoms with van der Waals surface area (Å²) in [7, 11) is 0. The van der Waals surface area contributed by atoms with E-state index in [0.717, 1.165) is 70.6 Å². The molecule has 0 aliphatic heterocycles. The number of carbonyl (C=O) groups is 2. The van der Waals surface area contributed by atoms with Gasteiger partial charge in [-0.3, -0.25) is 9.59 Å². The molecule has 0 fully saturated rings. The molecular weight excluding hydrogens is 683 g/mol. The smallest absolute Gasteiger partial charge is 0.306 e. The number of unbranched alkanes of at least 4 members (excludes halogenated alkanes) is 30. The molecule has 1 amide bonds. The van der Waals surface area contributed by atoms with Crippen molar-refractivity contribution >= 4 is 11.9 Å². The zero-order valence-electron chi connectivity index (χ0n) is 37.1. The predicted octanol–water partition coefficient (Wildman–Crippen LogP) is 14.2. The Hall–Kier alpha value is -1.40. The Bertz CT molecular complexity index is 832. The summed E-state index contributed by atoms with van der Waals surface area (Å²) in [5, 5.41) is 23.6. The first-order valence-corrected chi connectivity index (χ1v) is 24.4. The van der Waals surface area contributed by atoms with Crippen molar-refractivity contribution in [3.8, 4) is 0 Å². The lowest BCUT2D eigenvalue weighted by molar-refractivity contribution is -0.151. The molecule has 0 saturated heterocycles. The van der Waals surface area contributed by atoms with Crippen molar-refractivity contribution < 1.29 is 24.5 Å². The molecule has 3 atom stereocenters. The van der Waals surface area contributed by atoms with E-state index in [1.165, 1.54) is 148 Å². The average Bonchev–Trinajstić information content (AvgIpc) is 3.18. The van der Waals surface area contributed by atoms with E-state index in [1.807, 2.05) is 0 Å². The minimum absolute atomic E-state index is 0.0725. The molecule has 6 heteroatoms. The van der Waals surface area contributed by atoms with Crippen LogP contribution in [0, 0.1) is 0 Å². The zero-order valence-corrected chi connectivity index (χ0v) is 37.1. The van der Waals surface area contributed by atoms with Gasteiger partial charge in [0.05, 0.1) is 25.2 Å². The first-order valence-electron chi connectivity index (χ1n) is 24.4. The van der Waals surface area contributed by atoms with E-state index in [4.69, 9.17) is 4.74 Å². The zero-order chi connectivity index (χ0) is 40.3. The van der Waals surface area contributed by atoms with Crippen molar-refractivity contribution in [1.82, 2.24) is 5.32 Å². The third-order valence-electron chi connectivity index (χ3n) is 11.3. The molecule has 0 aromatic rings. The molecule has 0 aromatic carbocycles. The number of amides is 1. The lowest BCUT2D eigenvalue weighted by Crippen LogP contribution is -2.46. The molecule has 3 N–H and O–H groups in total. The number of esters is 1. The standard InChI is InChI=1S/C49H95NO5/c1-4-7-10-13-16-19-20-21-22-23-24-25-26-27-30-33-36-39-42-49(54)55-45(40-37-34-31-28-17-14-11-8-5-2)43-48(53)50-46(44-51)47(52)41-38-35-32-29-18-15-12-9-6-3/h14,17,45-47,51-52H,4-13,15-16,18-44H2,1-3H3,(H,50,53)/b17-14-. The van der Waals surface area contributed by atoms with E-state index < -0.39 is 18.2 Å². The Morgan fingerprint density at radius 1 is 0.509 bits per heavy atom.